The number of ether oxygens (including phenoxy) is 1. The lowest BCUT2D eigenvalue weighted by Crippen LogP contribution is -2.08. The van der Waals surface area contributed by atoms with E-state index in [0.29, 0.717) is 16.8 Å². The van der Waals surface area contributed by atoms with Gasteiger partial charge < -0.3 is 4.74 Å². The molecule has 0 spiro atoms. The van der Waals surface area contributed by atoms with Crippen molar-refractivity contribution >= 4 is 28.3 Å². The van der Waals surface area contributed by atoms with Crippen LogP contribution >= 0.6 is 11.6 Å². The number of nitrogens with zero attached hydrogens (tertiary/aromatic N) is 1. The van der Waals surface area contributed by atoms with Crippen molar-refractivity contribution in [3.05, 3.63) is 36.0 Å². The Morgan fingerprint density at radius 3 is 2.83 bits per heavy atom. The second-order valence-electron chi connectivity index (χ2n) is 4.23. The Balaban J connectivity index is 2.62. The zero-order chi connectivity index (χ0) is 13.1. The molecular formula is C14H14ClNO2. The smallest absolute Gasteiger partial charge is 0.178 e. The van der Waals surface area contributed by atoms with E-state index < -0.39 is 0 Å². The maximum Gasteiger partial charge on any atom is 0.178 e. The molecule has 0 radical (unpaired) electrons. The number of aromatic nitrogens is 1. The van der Waals surface area contributed by atoms with Gasteiger partial charge in [-0.1, -0.05) is 6.07 Å². The lowest BCUT2D eigenvalue weighted by Gasteiger charge is -2.13. The first-order valence-corrected chi connectivity index (χ1v) is 6.30. The third-order valence-corrected chi connectivity index (χ3v) is 2.76. The quantitative estimate of drug-likeness (QED) is 0.627. The molecule has 18 heavy (non-hydrogen) atoms. The molecular weight excluding hydrogens is 250 g/mol. The van der Waals surface area contributed by atoms with Gasteiger partial charge in [-0.2, -0.15) is 0 Å². The average Bonchev–Trinajstić information content (AvgIpc) is 2.38. The van der Waals surface area contributed by atoms with Gasteiger partial charge >= 0.3 is 0 Å². The minimum Gasteiger partial charge on any atom is -0.489 e. The van der Waals surface area contributed by atoms with E-state index in [-0.39, 0.29) is 17.8 Å². The number of alkyl halides is 1. The highest BCUT2D eigenvalue weighted by atomic mass is 35.5. The van der Waals surface area contributed by atoms with Gasteiger partial charge in [-0.15, -0.1) is 11.6 Å². The molecule has 2 aromatic rings. The van der Waals surface area contributed by atoms with Crippen molar-refractivity contribution in [2.24, 2.45) is 0 Å². The predicted octanol–water partition coefficient (Wildman–Crippen LogP) is 3.44. The molecule has 0 aliphatic heterocycles. The Morgan fingerprint density at radius 2 is 2.17 bits per heavy atom. The van der Waals surface area contributed by atoms with Crippen LogP contribution in [-0.2, 0) is 0 Å². The van der Waals surface area contributed by atoms with Crippen LogP contribution in [0.4, 0.5) is 0 Å². The van der Waals surface area contributed by atoms with E-state index in [1.54, 1.807) is 24.4 Å². The molecule has 0 fully saturated rings. The molecule has 1 aromatic heterocycles. The summed E-state index contributed by atoms with van der Waals surface area (Å²) in [5, 5.41) is 0.779. The van der Waals surface area contributed by atoms with Gasteiger partial charge in [0.1, 0.15) is 11.3 Å². The number of rotatable bonds is 4. The molecule has 1 heterocycles. The first-order chi connectivity index (χ1) is 8.63. The zero-order valence-electron chi connectivity index (χ0n) is 10.3. The summed E-state index contributed by atoms with van der Waals surface area (Å²) in [4.78, 5) is 16.1. The molecule has 0 bridgehead atoms. The molecule has 0 saturated carbocycles. The van der Waals surface area contributed by atoms with Crippen LogP contribution in [0.2, 0.25) is 0 Å². The number of fused-ring (bicyclic) bond motifs is 1. The molecule has 0 saturated heterocycles. The largest absolute Gasteiger partial charge is 0.489 e. The zero-order valence-corrected chi connectivity index (χ0v) is 11.1. The minimum atomic E-state index is -0.106. The van der Waals surface area contributed by atoms with Crippen LogP contribution < -0.4 is 4.74 Å². The molecule has 4 heteroatoms. The van der Waals surface area contributed by atoms with Crippen molar-refractivity contribution in [3.63, 3.8) is 0 Å². The third-order valence-electron chi connectivity index (χ3n) is 2.52. The number of halogens is 1. The maximum atomic E-state index is 11.8. The molecule has 94 valence electrons. The Labute approximate surface area is 111 Å². The van der Waals surface area contributed by atoms with Gasteiger partial charge in [-0.05, 0) is 32.0 Å². The number of benzene rings is 1. The predicted molar refractivity (Wildman–Crippen MR) is 72.6 cm³/mol. The van der Waals surface area contributed by atoms with Crippen LogP contribution in [0, 0.1) is 0 Å². The summed E-state index contributed by atoms with van der Waals surface area (Å²) in [6, 6.07) is 7.17. The first kappa shape index (κ1) is 12.8. The Hall–Kier alpha value is -1.61. The van der Waals surface area contributed by atoms with Crippen LogP contribution in [0.3, 0.4) is 0 Å². The summed E-state index contributed by atoms with van der Waals surface area (Å²) in [5.74, 6) is 0.548. The van der Waals surface area contributed by atoms with Crippen LogP contribution in [0.1, 0.15) is 24.2 Å². The standard InChI is InChI=1S/C14H14ClNO2/c1-9(2)18-13-6-5-10(12(17)8-15)11-4-3-7-16-14(11)13/h3-7,9H,8H2,1-2H3. The van der Waals surface area contributed by atoms with Crippen molar-refractivity contribution in [2.45, 2.75) is 20.0 Å². The van der Waals surface area contributed by atoms with Crippen LogP contribution in [0.15, 0.2) is 30.5 Å². The number of ketones is 1. The van der Waals surface area contributed by atoms with Crippen LogP contribution in [-0.4, -0.2) is 22.8 Å². The molecule has 0 aliphatic rings. The Kier molecular flexibility index (Phi) is 3.82. The van der Waals surface area contributed by atoms with Crippen LogP contribution in [0.5, 0.6) is 5.75 Å². The van der Waals surface area contributed by atoms with Gasteiger partial charge in [0.2, 0.25) is 0 Å². The lowest BCUT2D eigenvalue weighted by atomic mass is 10.0. The number of carbonyl (C=O) groups excluding carboxylic acids is 1. The summed E-state index contributed by atoms with van der Waals surface area (Å²) in [5.41, 5.74) is 1.28. The van der Waals surface area contributed by atoms with Gasteiger partial charge in [-0.3, -0.25) is 9.78 Å². The lowest BCUT2D eigenvalue weighted by molar-refractivity contribution is 0.102. The Morgan fingerprint density at radius 1 is 1.39 bits per heavy atom. The molecule has 0 atom stereocenters. The van der Waals surface area contributed by atoms with Gasteiger partial charge in [0, 0.05) is 17.1 Å². The van der Waals surface area contributed by atoms with Gasteiger partial charge in [0.25, 0.3) is 0 Å². The van der Waals surface area contributed by atoms with Crippen molar-refractivity contribution in [1.82, 2.24) is 4.98 Å². The van der Waals surface area contributed by atoms with Crippen molar-refractivity contribution in [1.29, 1.82) is 0 Å². The number of hydrogen-bond donors (Lipinski definition) is 0. The van der Waals surface area contributed by atoms with E-state index in [4.69, 9.17) is 16.3 Å². The average molecular weight is 264 g/mol. The molecule has 0 aliphatic carbocycles. The highest BCUT2D eigenvalue weighted by Gasteiger charge is 2.13. The van der Waals surface area contributed by atoms with Crippen molar-refractivity contribution in [3.8, 4) is 5.75 Å². The van der Waals surface area contributed by atoms with E-state index >= 15 is 0 Å². The molecule has 0 N–H and O–H groups in total. The summed E-state index contributed by atoms with van der Waals surface area (Å²) in [7, 11) is 0. The van der Waals surface area contributed by atoms with E-state index in [0.717, 1.165) is 5.39 Å². The van der Waals surface area contributed by atoms with Gasteiger partial charge in [-0.25, -0.2) is 0 Å². The van der Waals surface area contributed by atoms with Crippen molar-refractivity contribution < 1.29 is 9.53 Å². The van der Waals surface area contributed by atoms with E-state index in [1.807, 2.05) is 19.9 Å². The number of Topliss-reactive ketones (excluding diaryl/α,β-unsaturated/α-hetero) is 1. The molecule has 1 aromatic carbocycles. The highest BCUT2D eigenvalue weighted by Crippen LogP contribution is 2.27. The minimum absolute atomic E-state index is 0.0334. The molecule has 3 nitrogen and oxygen atoms in total. The fourth-order valence-corrected chi connectivity index (χ4v) is 1.95. The normalized spacial score (nSPS) is 10.9. The molecule has 0 amide bonds. The molecule has 0 unspecified atom stereocenters. The highest BCUT2D eigenvalue weighted by molar-refractivity contribution is 6.32. The first-order valence-electron chi connectivity index (χ1n) is 5.77. The monoisotopic (exact) mass is 263 g/mol. The SMILES string of the molecule is CC(C)Oc1ccc(C(=O)CCl)c2cccnc12. The van der Waals surface area contributed by atoms with Gasteiger partial charge in [0.15, 0.2) is 5.78 Å². The fraction of sp³-hybridized carbons (Fsp3) is 0.286. The van der Waals surface area contributed by atoms with E-state index in [2.05, 4.69) is 4.98 Å². The summed E-state index contributed by atoms with van der Waals surface area (Å²) >= 11 is 5.61. The molecule has 2 rings (SSSR count). The summed E-state index contributed by atoms with van der Waals surface area (Å²) < 4.78 is 5.69. The number of hydrogen-bond acceptors (Lipinski definition) is 3. The Bertz CT molecular complexity index is 581. The van der Waals surface area contributed by atoms with Gasteiger partial charge in [0.05, 0.1) is 12.0 Å². The topological polar surface area (TPSA) is 39.2 Å². The maximum absolute atomic E-state index is 11.8. The van der Waals surface area contributed by atoms with E-state index in [1.165, 1.54) is 0 Å². The second kappa shape index (κ2) is 5.36. The van der Waals surface area contributed by atoms with E-state index in [9.17, 15) is 4.79 Å². The number of carbonyl (C=O) groups is 1. The number of pyridine rings is 1. The fourth-order valence-electron chi connectivity index (χ4n) is 1.81. The van der Waals surface area contributed by atoms with Crippen molar-refractivity contribution in [2.75, 3.05) is 5.88 Å². The summed E-state index contributed by atoms with van der Waals surface area (Å²) in [6.45, 7) is 3.90. The second-order valence-corrected chi connectivity index (χ2v) is 4.50. The third kappa shape index (κ3) is 2.46. The van der Waals surface area contributed by atoms with Crippen LogP contribution in [0.25, 0.3) is 10.9 Å². The summed E-state index contributed by atoms with van der Waals surface area (Å²) in [6.07, 6.45) is 1.74.